The Kier molecular flexibility index (Phi) is 7.29. The van der Waals surface area contributed by atoms with Crippen LogP contribution in [0.2, 0.25) is 0 Å². The molecule has 0 heterocycles. The largest absolute Gasteiger partial charge is 0.492 e. The molecule has 1 atom stereocenters. The number of carbonyl (C=O) groups is 2. The van der Waals surface area contributed by atoms with E-state index in [1.807, 2.05) is 38.1 Å². The maximum atomic E-state index is 12.0. The van der Waals surface area contributed by atoms with Gasteiger partial charge in [0, 0.05) is 6.92 Å². The van der Waals surface area contributed by atoms with E-state index in [1.54, 1.807) is 0 Å². The summed E-state index contributed by atoms with van der Waals surface area (Å²) in [5.74, 6) is 0.427. The summed E-state index contributed by atoms with van der Waals surface area (Å²) in [5.41, 5.74) is 1.13. The van der Waals surface area contributed by atoms with E-state index in [2.05, 4.69) is 10.6 Å². The molecule has 21 heavy (non-hydrogen) atoms. The zero-order chi connectivity index (χ0) is 15.7. The van der Waals surface area contributed by atoms with Crippen molar-refractivity contribution in [3.05, 3.63) is 29.8 Å². The summed E-state index contributed by atoms with van der Waals surface area (Å²) >= 11 is 0. The van der Waals surface area contributed by atoms with Gasteiger partial charge in [-0.2, -0.15) is 0 Å². The van der Waals surface area contributed by atoms with Gasteiger partial charge in [0.15, 0.2) is 0 Å². The van der Waals surface area contributed by atoms with Crippen molar-refractivity contribution in [3.8, 4) is 5.75 Å². The number of aryl methyl sites for hydroxylation is 1. The van der Waals surface area contributed by atoms with Crippen molar-refractivity contribution in [2.75, 3.05) is 13.2 Å². The zero-order valence-corrected chi connectivity index (χ0v) is 12.9. The predicted molar refractivity (Wildman–Crippen MR) is 82.2 cm³/mol. The number of hydrogen-bond donors (Lipinski definition) is 2. The van der Waals surface area contributed by atoms with Crippen LogP contribution < -0.4 is 15.4 Å². The molecule has 0 saturated heterocycles. The number of nitrogens with one attached hydrogen (secondary N) is 2. The zero-order valence-electron chi connectivity index (χ0n) is 12.9. The van der Waals surface area contributed by atoms with Crippen LogP contribution >= 0.6 is 0 Å². The Bertz CT molecular complexity index is 474. The van der Waals surface area contributed by atoms with Gasteiger partial charge in [0.2, 0.25) is 11.8 Å². The van der Waals surface area contributed by atoms with Crippen molar-refractivity contribution < 1.29 is 14.3 Å². The Labute approximate surface area is 126 Å². The summed E-state index contributed by atoms with van der Waals surface area (Å²) in [6.07, 6.45) is 1.46. The van der Waals surface area contributed by atoms with Crippen molar-refractivity contribution in [2.24, 2.45) is 0 Å². The molecule has 5 heteroatoms. The lowest BCUT2D eigenvalue weighted by Gasteiger charge is -2.17. The third-order valence-electron chi connectivity index (χ3n) is 2.93. The number of amides is 2. The van der Waals surface area contributed by atoms with Crippen LogP contribution in [0.25, 0.3) is 0 Å². The Morgan fingerprint density at radius 2 is 2.10 bits per heavy atom. The quantitative estimate of drug-likeness (QED) is 0.718. The summed E-state index contributed by atoms with van der Waals surface area (Å²) in [6.45, 7) is 6.19. The van der Waals surface area contributed by atoms with Crippen LogP contribution in [0.4, 0.5) is 0 Å². The highest BCUT2D eigenvalue weighted by Crippen LogP contribution is 2.11. The van der Waals surface area contributed by atoms with Crippen molar-refractivity contribution in [3.63, 3.8) is 0 Å². The first-order chi connectivity index (χ1) is 10.0. The molecule has 116 valence electrons. The van der Waals surface area contributed by atoms with Gasteiger partial charge in [-0.15, -0.1) is 0 Å². The number of benzene rings is 1. The number of rotatable bonds is 8. The van der Waals surface area contributed by atoms with Crippen LogP contribution in [-0.2, 0) is 9.59 Å². The fraction of sp³-hybridized carbons (Fsp3) is 0.500. The van der Waals surface area contributed by atoms with Crippen molar-refractivity contribution in [1.82, 2.24) is 10.6 Å². The van der Waals surface area contributed by atoms with E-state index >= 15 is 0 Å². The normalized spacial score (nSPS) is 11.6. The van der Waals surface area contributed by atoms with Crippen molar-refractivity contribution in [2.45, 2.75) is 39.7 Å². The van der Waals surface area contributed by atoms with Crippen molar-refractivity contribution >= 4 is 11.8 Å². The molecule has 0 spiro atoms. The summed E-state index contributed by atoms with van der Waals surface area (Å²) in [5, 5.41) is 5.43. The van der Waals surface area contributed by atoms with Crippen LogP contribution in [0, 0.1) is 6.92 Å². The number of ether oxygens (including phenoxy) is 1. The average molecular weight is 292 g/mol. The molecule has 0 aromatic heterocycles. The molecule has 0 bridgehead atoms. The van der Waals surface area contributed by atoms with E-state index < -0.39 is 6.04 Å². The Morgan fingerprint density at radius 3 is 2.71 bits per heavy atom. The third kappa shape index (κ3) is 6.79. The highest BCUT2D eigenvalue weighted by atomic mass is 16.5. The average Bonchev–Trinajstić information content (AvgIpc) is 2.42. The highest BCUT2D eigenvalue weighted by molar-refractivity contribution is 5.86. The van der Waals surface area contributed by atoms with Crippen LogP contribution in [0.1, 0.15) is 32.3 Å². The molecule has 1 aromatic rings. The molecule has 1 rings (SSSR count). The fourth-order valence-corrected chi connectivity index (χ4v) is 1.97. The Morgan fingerprint density at radius 1 is 1.33 bits per heavy atom. The molecule has 0 aliphatic rings. The maximum Gasteiger partial charge on any atom is 0.242 e. The van der Waals surface area contributed by atoms with Crippen LogP contribution in [-0.4, -0.2) is 31.0 Å². The van der Waals surface area contributed by atoms with Gasteiger partial charge < -0.3 is 15.4 Å². The first-order valence-corrected chi connectivity index (χ1v) is 7.27. The second kappa shape index (κ2) is 9.00. The van der Waals surface area contributed by atoms with Crippen LogP contribution in [0.5, 0.6) is 5.75 Å². The minimum atomic E-state index is -0.466. The second-order valence-electron chi connectivity index (χ2n) is 5.00. The van der Waals surface area contributed by atoms with Gasteiger partial charge in [-0.25, -0.2) is 0 Å². The smallest absolute Gasteiger partial charge is 0.242 e. The van der Waals surface area contributed by atoms with E-state index in [0.29, 0.717) is 19.6 Å². The standard InChI is InChI=1S/C16H24N2O3/c1-4-6-15(18-13(3)19)16(20)17-9-10-21-14-8-5-7-12(2)11-14/h5,7-8,11,15H,4,6,9-10H2,1-3H3,(H,17,20)(H,18,19)/t15-/m1/s1. The molecular weight excluding hydrogens is 268 g/mol. The Balaban J connectivity index is 2.32. The van der Waals surface area contributed by atoms with E-state index in [-0.39, 0.29) is 11.8 Å². The SMILES string of the molecule is CCC[C@@H](NC(C)=O)C(=O)NCCOc1cccc(C)c1. The molecule has 2 amide bonds. The monoisotopic (exact) mass is 292 g/mol. The number of hydrogen-bond acceptors (Lipinski definition) is 3. The van der Waals surface area contributed by atoms with Gasteiger partial charge in [-0.05, 0) is 31.0 Å². The molecule has 0 fully saturated rings. The molecule has 5 nitrogen and oxygen atoms in total. The van der Waals surface area contributed by atoms with E-state index in [4.69, 9.17) is 4.74 Å². The molecule has 0 unspecified atom stereocenters. The molecule has 0 saturated carbocycles. The predicted octanol–water partition coefficient (Wildman–Crippen LogP) is 1.79. The van der Waals surface area contributed by atoms with Crippen LogP contribution in [0.15, 0.2) is 24.3 Å². The highest BCUT2D eigenvalue weighted by Gasteiger charge is 2.17. The second-order valence-corrected chi connectivity index (χ2v) is 5.00. The molecule has 0 aliphatic heterocycles. The van der Waals surface area contributed by atoms with Crippen molar-refractivity contribution in [1.29, 1.82) is 0 Å². The fourth-order valence-electron chi connectivity index (χ4n) is 1.97. The van der Waals surface area contributed by atoms with Gasteiger partial charge in [-0.3, -0.25) is 9.59 Å². The molecular formula is C16H24N2O3. The topological polar surface area (TPSA) is 67.4 Å². The summed E-state index contributed by atoms with van der Waals surface area (Å²) in [6, 6.07) is 7.28. The minimum Gasteiger partial charge on any atom is -0.492 e. The van der Waals surface area contributed by atoms with Gasteiger partial charge in [-0.1, -0.05) is 25.5 Å². The van der Waals surface area contributed by atoms with Gasteiger partial charge in [0.25, 0.3) is 0 Å². The van der Waals surface area contributed by atoms with E-state index in [0.717, 1.165) is 17.7 Å². The lowest BCUT2D eigenvalue weighted by molar-refractivity contribution is -0.128. The number of carbonyl (C=O) groups excluding carboxylic acids is 2. The Hall–Kier alpha value is -2.04. The molecule has 0 aliphatic carbocycles. The first kappa shape index (κ1) is 17.0. The third-order valence-corrected chi connectivity index (χ3v) is 2.93. The summed E-state index contributed by atoms with van der Waals surface area (Å²) in [7, 11) is 0. The van der Waals surface area contributed by atoms with Gasteiger partial charge in [0.05, 0.1) is 6.54 Å². The van der Waals surface area contributed by atoms with Gasteiger partial charge in [0.1, 0.15) is 18.4 Å². The van der Waals surface area contributed by atoms with E-state index in [1.165, 1.54) is 6.92 Å². The maximum absolute atomic E-state index is 12.0. The lowest BCUT2D eigenvalue weighted by Crippen LogP contribution is -2.46. The molecule has 1 aromatic carbocycles. The van der Waals surface area contributed by atoms with Crippen LogP contribution in [0.3, 0.4) is 0 Å². The summed E-state index contributed by atoms with van der Waals surface area (Å²) in [4.78, 5) is 23.0. The molecule has 2 N–H and O–H groups in total. The first-order valence-electron chi connectivity index (χ1n) is 7.27. The van der Waals surface area contributed by atoms with Gasteiger partial charge >= 0.3 is 0 Å². The van der Waals surface area contributed by atoms with E-state index in [9.17, 15) is 9.59 Å². The summed E-state index contributed by atoms with van der Waals surface area (Å²) < 4.78 is 5.56. The molecule has 0 radical (unpaired) electrons. The lowest BCUT2D eigenvalue weighted by atomic mass is 10.1. The minimum absolute atomic E-state index is 0.167.